The first kappa shape index (κ1) is 29.3. The molecule has 3 aromatic rings. The number of carbonyl (C=O) groups excluding carboxylic acids is 1. The number of rotatable bonds is 6. The Balaban J connectivity index is 1.31. The first-order valence-corrected chi connectivity index (χ1v) is 14.7. The molecule has 3 aliphatic rings. The predicted octanol–water partition coefficient (Wildman–Crippen LogP) is 6.12. The summed E-state index contributed by atoms with van der Waals surface area (Å²) in [5.41, 5.74) is -0.853. The lowest BCUT2D eigenvalue weighted by atomic mass is 9.57. The first-order valence-electron chi connectivity index (χ1n) is 14.7. The summed E-state index contributed by atoms with van der Waals surface area (Å²) in [5.74, 6) is 0.171. The Morgan fingerprint density at radius 3 is 2.65 bits per heavy atom. The maximum Gasteiger partial charge on any atom is 0.416 e. The molecule has 0 N–H and O–H groups in total. The summed E-state index contributed by atoms with van der Waals surface area (Å²) < 4.78 is 59.8. The zero-order valence-electron chi connectivity index (χ0n) is 24.3. The van der Waals surface area contributed by atoms with E-state index in [2.05, 4.69) is 16.3 Å². The minimum Gasteiger partial charge on any atom is -0.321 e. The van der Waals surface area contributed by atoms with Crippen molar-refractivity contribution in [3.8, 4) is 6.07 Å². The normalized spacial score (nSPS) is 26.1. The molecule has 11 heteroatoms. The second kappa shape index (κ2) is 10.7. The molecule has 6 rings (SSSR count). The smallest absolute Gasteiger partial charge is 0.321 e. The second-order valence-electron chi connectivity index (χ2n) is 12.7. The maximum atomic E-state index is 14.9. The third kappa shape index (κ3) is 5.65. The van der Waals surface area contributed by atoms with Gasteiger partial charge in [-0.25, -0.2) is 4.39 Å². The molecule has 1 amide bonds. The molecule has 0 radical (unpaired) electrons. The number of nitrogens with zero attached hydrogens (tertiary/aromatic N) is 6. The van der Waals surface area contributed by atoms with E-state index >= 15 is 0 Å². The van der Waals surface area contributed by atoms with Crippen molar-refractivity contribution >= 4 is 11.6 Å². The van der Waals surface area contributed by atoms with E-state index in [9.17, 15) is 27.6 Å². The molecule has 0 spiro atoms. The molecule has 2 fully saturated rings. The fraction of sp³-hybridized carbons (Fsp3) is 0.500. The number of hydrogen-bond acceptors (Lipinski definition) is 5. The Morgan fingerprint density at radius 2 is 1.95 bits per heavy atom. The number of hydrogen-bond donors (Lipinski definition) is 0. The van der Waals surface area contributed by atoms with Crippen molar-refractivity contribution in [3.05, 3.63) is 76.4 Å². The van der Waals surface area contributed by atoms with Crippen LogP contribution in [0.1, 0.15) is 77.5 Å². The first-order chi connectivity index (χ1) is 20.4. The highest BCUT2D eigenvalue weighted by molar-refractivity contribution is 6.10. The van der Waals surface area contributed by atoms with Crippen LogP contribution in [0.5, 0.6) is 0 Å². The van der Waals surface area contributed by atoms with Gasteiger partial charge in [-0.15, -0.1) is 10.2 Å². The van der Waals surface area contributed by atoms with E-state index in [1.165, 1.54) is 11.8 Å². The summed E-state index contributed by atoms with van der Waals surface area (Å²) in [6.07, 6.45) is 0.672. The topological polar surface area (TPSA) is 78.1 Å². The molecule has 1 saturated carbocycles. The predicted molar refractivity (Wildman–Crippen MR) is 152 cm³/mol. The summed E-state index contributed by atoms with van der Waals surface area (Å²) in [6.45, 7) is 2.21. The van der Waals surface area contributed by atoms with E-state index in [0.717, 1.165) is 30.3 Å². The number of nitriles is 1. The third-order valence-corrected chi connectivity index (χ3v) is 9.32. The van der Waals surface area contributed by atoms with E-state index in [4.69, 9.17) is 0 Å². The van der Waals surface area contributed by atoms with Crippen LogP contribution in [-0.2, 0) is 38.1 Å². The van der Waals surface area contributed by atoms with Crippen LogP contribution in [0, 0.1) is 17.2 Å². The van der Waals surface area contributed by atoms with Crippen LogP contribution in [0.2, 0.25) is 0 Å². The largest absolute Gasteiger partial charge is 0.416 e. The van der Waals surface area contributed by atoms with Gasteiger partial charge in [-0.3, -0.25) is 9.69 Å². The maximum absolute atomic E-state index is 14.9. The van der Waals surface area contributed by atoms with Gasteiger partial charge in [-0.1, -0.05) is 12.1 Å². The number of alkyl halides is 4. The van der Waals surface area contributed by atoms with Crippen LogP contribution in [0.4, 0.5) is 23.2 Å². The van der Waals surface area contributed by atoms with Crippen LogP contribution in [0.25, 0.3) is 0 Å². The van der Waals surface area contributed by atoms with Crippen LogP contribution in [0.3, 0.4) is 0 Å². The number of anilines is 1. The minimum atomic E-state index is -4.65. The van der Waals surface area contributed by atoms with E-state index in [1.54, 1.807) is 18.5 Å². The Hall–Kier alpha value is -3.78. The molecule has 0 bridgehead atoms. The Bertz CT molecular complexity index is 1580. The second-order valence-corrected chi connectivity index (χ2v) is 12.7. The van der Waals surface area contributed by atoms with Crippen molar-refractivity contribution in [2.45, 2.75) is 75.8 Å². The highest BCUT2D eigenvalue weighted by Crippen LogP contribution is 2.50. The molecule has 2 aliphatic heterocycles. The van der Waals surface area contributed by atoms with Gasteiger partial charge in [0.25, 0.3) is 5.91 Å². The molecule has 2 aromatic carbocycles. The Labute approximate surface area is 248 Å². The summed E-state index contributed by atoms with van der Waals surface area (Å²) in [4.78, 5) is 17.0. The van der Waals surface area contributed by atoms with Gasteiger partial charge < -0.3 is 9.47 Å². The average molecular weight is 595 g/mol. The molecule has 1 saturated heterocycles. The number of aryl methyl sites for hydroxylation is 1. The van der Waals surface area contributed by atoms with Crippen LogP contribution < -0.4 is 4.90 Å². The van der Waals surface area contributed by atoms with Gasteiger partial charge in [0.05, 0.1) is 18.2 Å². The lowest BCUT2D eigenvalue weighted by molar-refractivity contribution is -0.138. The molecule has 43 heavy (non-hydrogen) atoms. The molecular formula is C32H34F4N6O. The zero-order valence-corrected chi connectivity index (χ0v) is 24.3. The van der Waals surface area contributed by atoms with Gasteiger partial charge in [0, 0.05) is 49.1 Å². The SMILES string of the molecule is Cn1cnnc1C[C@]1(c2cccc(N3Cc4c(cc(CN5CCCCC(C)(F)C5)cc4C(F)(F)F)C3=O)c2)C[C@H](C#N)C1. The highest BCUT2D eigenvalue weighted by atomic mass is 19.4. The molecule has 3 heterocycles. The van der Waals surface area contributed by atoms with E-state index in [-0.39, 0.29) is 36.7 Å². The van der Waals surface area contributed by atoms with E-state index < -0.39 is 28.7 Å². The third-order valence-electron chi connectivity index (χ3n) is 9.32. The summed E-state index contributed by atoms with van der Waals surface area (Å²) in [7, 11) is 1.86. The Kier molecular flexibility index (Phi) is 7.32. The standard InChI is InChI=1S/C32H34F4N6O/c1-30(33)8-3-4-9-41(19-30)17-21-10-25-26(27(11-21)32(34,35)36)18-42(29(25)43)24-7-5-6-23(12-24)31(13-22(14-31)16-37)15-28-39-38-20-40(28)2/h5-7,10-12,20,22H,3-4,8-9,13-15,17-19H2,1-2H3/t22-,30?,31-. The number of likely N-dealkylation sites (tertiary alicyclic amines) is 1. The quantitative estimate of drug-likeness (QED) is 0.321. The van der Waals surface area contributed by atoms with E-state index in [1.807, 2.05) is 34.7 Å². The molecule has 226 valence electrons. The average Bonchev–Trinajstić information content (AvgIpc) is 3.43. The zero-order chi connectivity index (χ0) is 30.6. The van der Waals surface area contributed by atoms with Crippen molar-refractivity contribution in [1.82, 2.24) is 19.7 Å². The van der Waals surface area contributed by atoms with Crippen LogP contribution in [0.15, 0.2) is 42.7 Å². The number of fused-ring (bicyclic) bond motifs is 1. The van der Waals surface area contributed by atoms with Crippen molar-refractivity contribution < 1.29 is 22.4 Å². The minimum absolute atomic E-state index is 0.0371. The van der Waals surface area contributed by atoms with Crippen molar-refractivity contribution in [3.63, 3.8) is 0 Å². The van der Waals surface area contributed by atoms with Gasteiger partial charge in [-0.05, 0) is 86.5 Å². The monoisotopic (exact) mass is 594 g/mol. The summed E-state index contributed by atoms with van der Waals surface area (Å²) in [5, 5.41) is 17.7. The molecule has 7 nitrogen and oxygen atoms in total. The Morgan fingerprint density at radius 1 is 1.16 bits per heavy atom. The summed E-state index contributed by atoms with van der Waals surface area (Å²) >= 11 is 0. The van der Waals surface area contributed by atoms with Gasteiger partial charge in [0.1, 0.15) is 17.8 Å². The number of amides is 1. The fourth-order valence-electron chi connectivity index (χ4n) is 7.10. The molecule has 1 atom stereocenters. The molecular weight excluding hydrogens is 560 g/mol. The number of halogens is 4. The van der Waals surface area contributed by atoms with Crippen molar-refractivity contribution in [2.24, 2.45) is 13.0 Å². The van der Waals surface area contributed by atoms with Gasteiger partial charge in [0.15, 0.2) is 0 Å². The number of carbonyl (C=O) groups is 1. The molecule has 1 aromatic heterocycles. The molecule has 1 unspecified atom stereocenters. The van der Waals surface area contributed by atoms with E-state index in [0.29, 0.717) is 43.5 Å². The number of aromatic nitrogens is 3. The fourth-order valence-corrected chi connectivity index (χ4v) is 7.10. The van der Waals surface area contributed by atoms with Crippen molar-refractivity contribution in [2.75, 3.05) is 18.0 Å². The lowest BCUT2D eigenvalue weighted by Gasteiger charge is -2.45. The lowest BCUT2D eigenvalue weighted by Crippen LogP contribution is -2.43. The van der Waals surface area contributed by atoms with Crippen molar-refractivity contribution in [1.29, 1.82) is 5.26 Å². The summed E-state index contributed by atoms with van der Waals surface area (Å²) in [6, 6.07) is 12.4. The number of benzene rings is 2. The van der Waals surface area contributed by atoms with Crippen LogP contribution >= 0.6 is 0 Å². The molecule has 1 aliphatic carbocycles. The van der Waals surface area contributed by atoms with Gasteiger partial charge in [0.2, 0.25) is 0 Å². The van der Waals surface area contributed by atoms with Crippen LogP contribution in [-0.4, -0.2) is 44.3 Å². The highest BCUT2D eigenvalue weighted by Gasteiger charge is 2.47. The van der Waals surface area contributed by atoms with Gasteiger partial charge in [-0.2, -0.15) is 18.4 Å². The van der Waals surface area contributed by atoms with Gasteiger partial charge >= 0.3 is 6.18 Å².